The van der Waals surface area contributed by atoms with Crippen molar-refractivity contribution in [2.45, 2.75) is 56.0 Å². The lowest BCUT2D eigenvalue weighted by Gasteiger charge is -2.32. The molecule has 1 aromatic rings. The summed E-state index contributed by atoms with van der Waals surface area (Å²) in [6.45, 7) is 1.16. The Hall–Kier alpha value is -1.41. The number of nitrogens with one attached hydrogen (secondary N) is 1. The fourth-order valence-electron chi connectivity index (χ4n) is 3.27. The lowest BCUT2D eigenvalue weighted by atomic mass is 9.85. The first-order valence-electron chi connectivity index (χ1n) is 8.28. The van der Waals surface area contributed by atoms with Gasteiger partial charge < -0.3 is 5.32 Å². The van der Waals surface area contributed by atoms with Gasteiger partial charge >= 0.3 is 0 Å². The predicted octanol–water partition coefficient (Wildman–Crippen LogP) is 0.972. The topological polar surface area (TPSA) is 84.3 Å². The van der Waals surface area contributed by atoms with Crippen LogP contribution in [0, 0.1) is 5.92 Å². The summed E-state index contributed by atoms with van der Waals surface area (Å²) in [5.41, 5.74) is 0. The van der Waals surface area contributed by atoms with Crippen LogP contribution in [0.1, 0.15) is 38.5 Å². The highest BCUT2D eigenvalue weighted by atomic mass is 32.2. The first-order chi connectivity index (χ1) is 11.0. The first kappa shape index (κ1) is 16.4. The Bertz CT molecular complexity index is 666. The first-order valence-corrected chi connectivity index (χ1v) is 9.72. The van der Waals surface area contributed by atoms with E-state index in [1.165, 1.54) is 29.8 Å². The molecule has 128 valence electrons. The molecule has 1 N–H and O–H groups in total. The van der Waals surface area contributed by atoms with Gasteiger partial charge in [-0.05, 0) is 31.6 Å². The zero-order valence-electron chi connectivity index (χ0n) is 13.4. The van der Waals surface area contributed by atoms with Crippen LogP contribution < -0.4 is 5.32 Å². The summed E-state index contributed by atoms with van der Waals surface area (Å²) < 4.78 is 28.8. The number of sulfonamides is 1. The van der Waals surface area contributed by atoms with Crippen LogP contribution in [0.4, 0.5) is 0 Å². The van der Waals surface area contributed by atoms with Crippen LogP contribution >= 0.6 is 0 Å². The SMILES string of the molecule is CNC(=O)C1CCCCN1S(=O)(=O)c1cnn(CC2CCC2)c1. The second-order valence-electron chi connectivity index (χ2n) is 6.44. The minimum atomic E-state index is -3.68. The molecule has 23 heavy (non-hydrogen) atoms. The maximum Gasteiger partial charge on any atom is 0.246 e. The zero-order chi connectivity index (χ0) is 16.4. The Morgan fingerprint density at radius 2 is 2.09 bits per heavy atom. The smallest absolute Gasteiger partial charge is 0.246 e. The number of hydrogen-bond donors (Lipinski definition) is 1. The van der Waals surface area contributed by atoms with Crippen molar-refractivity contribution in [1.82, 2.24) is 19.4 Å². The maximum atomic E-state index is 12.9. The minimum Gasteiger partial charge on any atom is -0.358 e. The Morgan fingerprint density at radius 3 is 2.74 bits per heavy atom. The Kier molecular flexibility index (Phi) is 4.72. The monoisotopic (exact) mass is 340 g/mol. The summed E-state index contributed by atoms with van der Waals surface area (Å²) in [5, 5.41) is 6.77. The van der Waals surface area contributed by atoms with Crippen LogP contribution in [0.5, 0.6) is 0 Å². The third kappa shape index (κ3) is 3.28. The van der Waals surface area contributed by atoms with Crippen LogP contribution in [-0.4, -0.2) is 48.0 Å². The summed E-state index contributed by atoms with van der Waals surface area (Å²) in [6, 6.07) is -0.617. The molecule has 8 heteroatoms. The van der Waals surface area contributed by atoms with E-state index in [1.807, 2.05) is 0 Å². The number of amides is 1. The molecule has 1 saturated carbocycles. The van der Waals surface area contributed by atoms with Crippen LogP contribution in [-0.2, 0) is 21.4 Å². The van der Waals surface area contributed by atoms with Crippen molar-refractivity contribution in [2.75, 3.05) is 13.6 Å². The molecule has 0 aromatic carbocycles. The zero-order valence-corrected chi connectivity index (χ0v) is 14.3. The molecular weight excluding hydrogens is 316 g/mol. The van der Waals surface area contributed by atoms with E-state index in [4.69, 9.17) is 0 Å². The highest BCUT2D eigenvalue weighted by Gasteiger charge is 2.37. The van der Waals surface area contributed by atoms with Crippen molar-refractivity contribution in [2.24, 2.45) is 5.92 Å². The average Bonchev–Trinajstić information content (AvgIpc) is 2.99. The summed E-state index contributed by atoms with van der Waals surface area (Å²) in [7, 11) is -2.14. The molecule has 0 spiro atoms. The molecule has 1 unspecified atom stereocenters. The standard InChI is InChI=1S/C15H24N4O3S/c1-16-15(20)14-7-2-3-8-19(14)23(21,22)13-9-17-18(11-13)10-12-5-4-6-12/h9,11-12,14H,2-8,10H2,1H3,(H,16,20). The number of rotatable bonds is 5. The number of aromatic nitrogens is 2. The van der Waals surface area contributed by atoms with Crippen molar-refractivity contribution in [3.63, 3.8) is 0 Å². The number of carbonyl (C=O) groups excluding carboxylic acids is 1. The molecule has 0 radical (unpaired) electrons. The van der Waals surface area contributed by atoms with Gasteiger partial charge in [0.15, 0.2) is 0 Å². The molecule has 1 aliphatic heterocycles. The molecule has 1 aromatic heterocycles. The number of nitrogens with zero attached hydrogens (tertiary/aromatic N) is 3. The van der Waals surface area contributed by atoms with E-state index in [0.29, 0.717) is 18.9 Å². The van der Waals surface area contributed by atoms with Gasteiger partial charge in [-0.25, -0.2) is 8.42 Å². The van der Waals surface area contributed by atoms with Gasteiger partial charge in [0, 0.05) is 26.3 Å². The van der Waals surface area contributed by atoms with Gasteiger partial charge in [0.1, 0.15) is 10.9 Å². The van der Waals surface area contributed by atoms with Gasteiger partial charge in [0.05, 0.1) is 6.20 Å². The van der Waals surface area contributed by atoms with Crippen LogP contribution in [0.15, 0.2) is 17.3 Å². The van der Waals surface area contributed by atoms with E-state index in [-0.39, 0.29) is 10.8 Å². The van der Waals surface area contributed by atoms with Gasteiger partial charge in [-0.3, -0.25) is 9.48 Å². The molecule has 1 aliphatic carbocycles. The quantitative estimate of drug-likeness (QED) is 0.866. The molecule has 3 rings (SSSR count). The average molecular weight is 340 g/mol. The fourth-order valence-corrected chi connectivity index (χ4v) is 4.89. The second-order valence-corrected chi connectivity index (χ2v) is 8.33. The summed E-state index contributed by atoms with van der Waals surface area (Å²) >= 11 is 0. The third-order valence-electron chi connectivity index (χ3n) is 4.89. The van der Waals surface area contributed by atoms with Crippen LogP contribution in [0.25, 0.3) is 0 Å². The van der Waals surface area contributed by atoms with E-state index in [9.17, 15) is 13.2 Å². The Labute approximate surface area is 137 Å². The lowest BCUT2D eigenvalue weighted by molar-refractivity contribution is -0.125. The highest BCUT2D eigenvalue weighted by Crippen LogP contribution is 2.29. The highest BCUT2D eigenvalue weighted by molar-refractivity contribution is 7.89. The molecule has 2 fully saturated rings. The van der Waals surface area contributed by atoms with Gasteiger partial charge in [0.2, 0.25) is 15.9 Å². The normalized spacial score (nSPS) is 23.4. The van der Waals surface area contributed by atoms with Crippen LogP contribution in [0.2, 0.25) is 0 Å². The summed E-state index contributed by atoms with van der Waals surface area (Å²) in [4.78, 5) is 12.2. The fraction of sp³-hybridized carbons (Fsp3) is 0.733. The number of likely N-dealkylation sites (N-methyl/N-ethyl adjacent to an activating group) is 1. The number of hydrogen-bond acceptors (Lipinski definition) is 4. The van der Waals surface area contributed by atoms with Gasteiger partial charge in [0.25, 0.3) is 0 Å². The molecule has 1 atom stereocenters. The predicted molar refractivity (Wildman–Crippen MR) is 85.2 cm³/mol. The molecule has 0 bridgehead atoms. The van der Waals surface area contributed by atoms with Crippen molar-refractivity contribution in [3.8, 4) is 0 Å². The van der Waals surface area contributed by atoms with E-state index in [2.05, 4.69) is 10.4 Å². The number of piperidine rings is 1. The van der Waals surface area contributed by atoms with Gasteiger partial charge in [-0.1, -0.05) is 12.8 Å². The minimum absolute atomic E-state index is 0.188. The Balaban J connectivity index is 1.80. The van der Waals surface area contributed by atoms with E-state index in [1.54, 1.807) is 17.9 Å². The Morgan fingerprint density at radius 1 is 1.30 bits per heavy atom. The van der Waals surface area contributed by atoms with Gasteiger partial charge in [-0.2, -0.15) is 9.40 Å². The van der Waals surface area contributed by atoms with Crippen molar-refractivity contribution < 1.29 is 13.2 Å². The summed E-state index contributed by atoms with van der Waals surface area (Å²) in [5.74, 6) is 0.370. The summed E-state index contributed by atoms with van der Waals surface area (Å²) in [6.07, 6.45) is 8.84. The largest absolute Gasteiger partial charge is 0.358 e. The molecular formula is C15H24N4O3S. The molecule has 1 amide bonds. The van der Waals surface area contributed by atoms with Crippen LogP contribution in [0.3, 0.4) is 0 Å². The van der Waals surface area contributed by atoms with E-state index >= 15 is 0 Å². The van der Waals surface area contributed by atoms with E-state index in [0.717, 1.165) is 19.4 Å². The molecule has 1 saturated heterocycles. The maximum absolute atomic E-state index is 12.9. The van der Waals surface area contributed by atoms with Crippen molar-refractivity contribution in [3.05, 3.63) is 12.4 Å². The van der Waals surface area contributed by atoms with Gasteiger partial charge in [-0.15, -0.1) is 0 Å². The second kappa shape index (κ2) is 6.60. The third-order valence-corrected chi connectivity index (χ3v) is 6.75. The molecule has 2 aliphatic rings. The lowest BCUT2D eigenvalue weighted by Crippen LogP contribution is -2.51. The molecule has 7 nitrogen and oxygen atoms in total. The van der Waals surface area contributed by atoms with Crippen molar-refractivity contribution >= 4 is 15.9 Å². The van der Waals surface area contributed by atoms with Crippen molar-refractivity contribution in [1.29, 1.82) is 0 Å². The molecule has 2 heterocycles. The number of carbonyl (C=O) groups is 1. The van der Waals surface area contributed by atoms with E-state index < -0.39 is 16.1 Å².